The zero-order valence-corrected chi connectivity index (χ0v) is 16.1. The van der Waals surface area contributed by atoms with Crippen molar-refractivity contribution in [2.75, 3.05) is 13.2 Å². The van der Waals surface area contributed by atoms with Crippen LogP contribution in [0.4, 0.5) is 0 Å². The van der Waals surface area contributed by atoms with Gasteiger partial charge in [-0.15, -0.1) is 0 Å². The van der Waals surface area contributed by atoms with Gasteiger partial charge in [0.25, 0.3) is 0 Å². The van der Waals surface area contributed by atoms with E-state index in [-0.39, 0.29) is 36.1 Å². The summed E-state index contributed by atoms with van der Waals surface area (Å²) < 4.78 is 24.2. The molecule has 0 unspecified atom stereocenters. The van der Waals surface area contributed by atoms with Crippen LogP contribution < -0.4 is 0 Å². The van der Waals surface area contributed by atoms with Crippen LogP contribution in [0.25, 0.3) is 0 Å². The Balaban J connectivity index is 1.31. The molecule has 2 fully saturated rings. The number of ketones is 1. The molecule has 150 valence electrons. The molecule has 0 saturated carbocycles. The van der Waals surface area contributed by atoms with Crippen molar-refractivity contribution >= 4 is 5.78 Å². The first-order chi connectivity index (χ1) is 14.3. The molecule has 3 aliphatic rings. The van der Waals surface area contributed by atoms with E-state index in [0.717, 1.165) is 16.7 Å². The van der Waals surface area contributed by atoms with Gasteiger partial charge < -0.3 is 18.9 Å². The highest BCUT2D eigenvalue weighted by Crippen LogP contribution is 2.46. The van der Waals surface area contributed by atoms with E-state index in [1.165, 1.54) is 0 Å². The maximum absolute atomic E-state index is 12.8. The summed E-state index contributed by atoms with van der Waals surface area (Å²) in [6.07, 6.45) is 0.614. The van der Waals surface area contributed by atoms with E-state index in [9.17, 15) is 4.79 Å². The Labute approximate surface area is 170 Å². The molecule has 0 radical (unpaired) electrons. The van der Waals surface area contributed by atoms with Crippen LogP contribution in [0.2, 0.25) is 0 Å². The minimum atomic E-state index is -0.389. The number of ether oxygens (including phenoxy) is 4. The fourth-order valence-corrected chi connectivity index (χ4v) is 4.50. The lowest BCUT2D eigenvalue weighted by atomic mass is 9.82. The highest BCUT2D eigenvalue weighted by Gasteiger charge is 2.56. The minimum Gasteiger partial charge on any atom is -0.374 e. The lowest BCUT2D eigenvalue weighted by Gasteiger charge is -2.41. The summed E-state index contributed by atoms with van der Waals surface area (Å²) in [5.41, 5.74) is 3.20. The molecule has 0 amide bonds. The summed E-state index contributed by atoms with van der Waals surface area (Å²) in [5, 5.41) is 0. The number of carbonyl (C=O) groups excluding carboxylic acids is 1. The Morgan fingerprint density at radius 2 is 1.59 bits per heavy atom. The fourth-order valence-electron chi connectivity index (χ4n) is 4.50. The smallest absolute Gasteiger partial charge is 0.166 e. The van der Waals surface area contributed by atoms with Crippen molar-refractivity contribution in [1.29, 1.82) is 0 Å². The van der Waals surface area contributed by atoms with Crippen molar-refractivity contribution in [1.82, 2.24) is 0 Å². The Kier molecular flexibility index (Phi) is 5.29. The lowest BCUT2D eigenvalue weighted by Crippen LogP contribution is -2.53. The van der Waals surface area contributed by atoms with Crippen LogP contribution in [-0.4, -0.2) is 37.5 Å². The molecule has 1 aliphatic carbocycles. The summed E-state index contributed by atoms with van der Waals surface area (Å²) in [5.74, 6) is -0.179. The number of benzene rings is 2. The number of carbonyl (C=O) groups is 1. The molecule has 5 atom stereocenters. The second kappa shape index (κ2) is 8.20. The van der Waals surface area contributed by atoms with E-state index >= 15 is 0 Å². The number of hydrogen-bond acceptors (Lipinski definition) is 5. The second-order valence-electron chi connectivity index (χ2n) is 7.79. The van der Waals surface area contributed by atoms with Crippen LogP contribution in [0.5, 0.6) is 0 Å². The van der Waals surface area contributed by atoms with Gasteiger partial charge in [-0.3, -0.25) is 4.79 Å². The van der Waals surface area contributed by atoms with E-state index in [1.54, 1.807) is 6.08 Å². The Hall–Kier alpha value is -2.31. The molecule has 5 heteroatoms. The first-order valence-corrected chi connectivity index (χ1v) is 10.1. The third-order valence-corrected chi connectivity index (χ3v) is 5.89. The molecule has 5 rings (SSSR count). The van der Waals surface area contributed by atoms with Gasteiger partial charge in [-0.25, -0.2) is 0 Å². The van der Waals surface area contributed by atoms with Gasteiger partial charge in [0, 0.05) is 5.92 Å². The summed E-state index contributed by atoms with van der Waals surface area (Å²) in [6.45, 7) is 1.73. The molecular formula is C24H24O5. The Morgan fingerprint density at radius 3 is 2.31 bits per heavy atom. The molecule has 2 aromatic rings. The average molecular weight is 392 g/mol. The van der Waals surface area contributed by atoms with Gasteiger partial charge in [0.1, 0.15) is 6.10 Å². The van der Waals surface area contributed by atoms with Crippen molar-refractivity contribution in [2.45, 2.75) is 31.7 Å². The largest absolute Gasteiger partial charge is 0.374 e. The zero-order chi connectivity index (χ0) is 19.6. The average Bonchev–Trinajstić information content (AvgIpc) is 3.30. The molecule has 0 bridgehead atoms. The van der Waals surface area contributed by atoms with Crippen molar-refractivity contribution in [3.8, 4) is 0 Å². The predicted octanol–water partition coefficient (Wildman–Crippen LogP) is 3.29. The molecule has 29 heavy (non-hydrogen) atoms. The fraction of sp³-hybridized carbons (Fsp3) is 0.375. The monoisotopic (exact) mass is 392 g/mol. The van der Waals surface area contributed by atoms with Gasteiger partial charge in [-0.2, -0.15) is 0 Å². The molecule has 2 aromatic carbocycles. The van der Waals surface area contributed by atoms with E-state index in [1.807, 2.05) is 60.7 Å². The van der Waals surface area contributed by atoms with Crippen molar-refractivity contribution < 1.29 is 23.7 Å². The molecule has 2 aliphatic heterocycles. The first-order valence-electron chi connectivity index (χ1n) is 10.1. The molecule has 2 saturated heterocycles. The molecule has 5 nitrogen and oxygen atoms in total. The molecule has 2 heterocycles. The quantitative estimate of drug-likeness (QED) is 0.724. The van der Waals surface area contributed by atoms with Crippen LogP contribution in [0.15, 0.2) is 72.3 Å². The van der Waals surface area contributed by atoms with Gasteiger partial charge in [0.2, 0.25) is 0 Å². The van der Waals surface area contributed by atoms with Gasteiger partial charge in [0.05, 0.1) is 38.4 Å². The minimum absolute atomic E-state index is 0.0337. The molecule has 0 aromatic heterocycles. The van der Waals surface area contributed by atoms with Crippen LogP contribution in [-0.2, 0) is 37.0 Å². The number of rotatable bonds is 7. The number of allylic oxidation sites excluding steroid dienone is 1. The summed E-state index contributed by atoms with van der Waals surface area (Å²) in [6, 6.07) is 20.0. The summed E-state index contributed by atoms with van der Waals surface area (Å²) in [7, 11) is 0. The van der Waals surface area contributed by atoms with Gasteiger partial charge in [0.15, 0.2) is 12.1 Å². The van der Waals surface area contributed by atoms with E-state index in [0.29, 0.717) is 26.4 Å². The highest BCUT2D eigenvalue weighted by atomic mass is 16.7. The van der Waals surface area contributed by atoms with Crippen molar-refractivity contribution in [3.63, 3.8) is 0 Å². The molecule has 0 spiro atoms. The third kappa shape index (κ3) is 3.79. The van der Waals surface area contributed by atoms with Gasteiger partial charge in [-0.1, -0.05) is 60.7 Å². The standard InChI is InChI=1S/C24H24O5/c25-19-11-18-14-28-24-21(18)22(19)23(27-13-17-9-5-2-6-10-17)20(29-24)15-26-12-16-7-3-1-4-8-16/h1-11,20-24H,12-15H2/t20-,21-,22+,23-,24+/m1/s1. The first kappa shape index (κ1) is 18.7. The Morgan fingerprint density at radius 1 is 0.897 bits per heavy atom. The van der Waals surface area contributed by atoms with E-state index < -0.39 is 0 Å². The maximum Gasteiger partial charge on any atom is 0.166 e. The van der Waals surface area contributed by atoms with Gasteiger partial charge >= 0.3 is 0 Å². The van der Waals surface area contributed by atoms with E-state index in [2.05, 4.69) is 0 Å². The van der Waals surface area contributed by atoms with Gasteiger partial charge in [-0.05, 0) is 22.8 Å². The predicted molar refractivity (Wildman–Crippen MR) is 106 cm³/mol. The number of hydrogen-bond donors (Lipinski definition) is 0. The summed E-state index contributed by atoms with van der Waals surface area (Å²) in [4.78, 5) is 12.8. The second-order valence-corrected chi connectivity index (χ2v) is 7.79. The van der Waals surface area contributed by atoms with Crippen LogP contribution in [0.3, 0.4) is 0 Å². The van der Waals surface area contributed by atoms with Crippen molar-refractivity contribution in [2.24, 2.45) is 11.8 Å². The maximum atomic E-state index is 12.8. The van der Waals surface area contributed by atoms with Crippen molar-refractivity contribution in [3.05, 3.63) is 83.4 Å². The lowest BCUT2D eigenvalue weighted by molar-refractivity contribution is -0.254. The highest BCUT2D eigenvalue weighted by molar-refractivity contribution is 5.96. The van der Waals surface area contributed by atoms with Crippen LogP contribution in [0, 0.1) is 11.8 Å². The summed E-state index contributed by atoms with van der Waals surface area (Å²) >= 11 is 0. The normalized spacial score (nSPS) is 30.3. The molecular weight excluding hydrogens is 368 g/mol. The van der Waals surface area contributed by atoms with Crippen LogP contribution in [0.1, 0.15) is 11.1 Å². The Bertz CT molecular complexity index is 879. The topological polar surface area (TPSA) is 54.0 Å². The SMILES string of the molecule is O=C1C=C2CO[C@H]3O[C@H](COCc4ccccc4)[C@@H](OCc4ccccc4)[C@@H]1[C@@H]23. The molecule has 0 N–H and O–H groups in total. The third-order valence-electron chi connectivity index (χ3n) is 5.89. The zero-order valence-electron chi connectivity index (χ0n) is 16.1. The van der Waals surface area contributed by atoms with Crippen LogP contribution >= 0.6 is 0 Å². The van der Waals surface area contributed by atoms with E-state index in [4.69, 9.17) is 18.9 Å².